The van der Waals surface area contributed by atoms with Gasteiger partial charge in [0.1, 0.15) is 11.8 Å². The molecule has 2 N–H and O–H groups in total. The van der Waals surface area contributed by atoms with E-state index < -0.39 is 0 Å². The van der Waals surface area contributed by atoms with E-state index in [1.165, 1.54) is 6.33 Å². The molecule has 17 heavy (non-hydrogen) atoms. The first-order valence-corrected chi connectivity index (χ1v) is 5.25. The molecule has 8 nitrogen and oxygen atoms in total. The number of anilines is 1. The van der Waals surface area contributed by atoms with Gasteiger partial charge in [-0.15, -0.1) is 0 Å². The molecular formula is C9H12N8. The minimum absolute atomic E-state index is 0.392. The van der Waals surface area contributed by atoms with E-state index in [2.05, 4.69) is 25.0 Å². The fraction of sp³-hybridized carbons (Fsp3) is 0.444. The first kappa shape index (κ1) is 11.2. The molecule has 8 heteroatoms. The van der Waals surface area contributed by atoms with Crippen molar-refractivity contribution in [2.45, 2.75) is 19.4 Å². The molecule has 2 rings (SSSR count). The first-order valence-electron chi connectivity index (χ1n) is 5.25. The maximum Gasteiger partial charge on any atom is 0.165 e. The molecule has 2 heterocycles. The Labute approximate surface area is 97.1 Å². The van der Waals surface area contributed by atoms with Crippen LogP contribution in [0.5, 0.6) is 0 Å². The Morgan fingerprint density at radius 3 is 3.06 bits per heavy atom. The van der Waals surface area contributed by atoms with Crippen molar-refractivity contribution in [1.82, 2.24) is 19.5 Å². The normalized spacial score (nSPS) is 10.4. The minimum Gasteiger partial charge on any atom is -0.382 e. The standard InChI is InChI=1S/C9H12N8/c10-8-7-9(13-5-12-8)17(6-14-7)4-2-1-3-15-16-11/h5-6H,1-4H2,(H2,10,12,13). The molecule has 0 atom stereocenters. The van der Waals surface area contributed by atoms with Gasteiger partial charge in [0.25, 0.3) is 0 Å². The summed E-state index contributed by atoms with van der Waals surface area (Å²) in [5.74, 6) is 0.392. The number of imidazole rings is 1. The zero-order valence-corrected chi connectivity index (χ0v) is 9.19. The van der Waals surface area contributed by atoms with Gasteiger partial charge in [-0.1, -0.05) is 5.11 Å². The Morgan fingerprint density at radius 2 is 2.24 bits per heavy atom. The number of nitrogen functional groups attached to an aromatic ring is 1. The van der Waals surface area contributed by atoms with Crippen LogP contribution in [-0.2, 0) is 6.54 Å². The van der Waals surface area contributed by atoms with Crippen LogP contribution in [0.4, 0.5) is 5.82 Å². The molecule has 88 valence electrons. The fourth-order valence-electron chi connectivity index (χ4n) is 1.57. The van der Waals surface area contributed by atoms with E-state index in [-0.39, 0.29) is 0 Å². The van der Waals surface area contributed by atoms with Gasteiger partial charge in [-0.2, -0.15) is 0 Å². The van der Waals surface area contributed by atoms with Crippen LogP contribution in [0.15, 0.2) is 17.8 Å². The van der Waals surface area contributed by atoms with Crippen LogP contribution in [0.25, 0.3) is 21.6 Å². The molecule has 0 saturated carbocycles. The summed E-state index contributed by atoms with van der Waals surface area (Å²) in [7, 11) is 0. The Kier molecular flexibility index (Phi) is 3.37. The molecule has 2 aromatic rings. The molecule has 0 unspecified atom stereocenters. The maximum atomic E-state index is 8.13. The summed E-state index contributed by atoms with van der Waals surface area (Å²) in [6, 6.07) is 0. The van der Waals surface area contributed by atoms with Gasteiger partial charge in [0.05, 0.1) is 6.33 Å². The van der Waals surface area contributed by atoms with Crippen LogP contribution in [0.2, 0.25) is 0 Å². The van der Waals surface area contributed by atoms with Crippen molar-refractivity contribution >= 4 is 17.0 Å². The highest BCUT2D eigenvalue weighted by atomic mass is 15.1. The van der Waals surface area contributed by atoms with E-state index in [4.69, 9.17) is 11.3 Å². The molecule has 0 aliphatic carbocycles. The minimum atomic E-state index is 0.392. The Morgan fingerprint density at radius 1 is 1.35 bits per heavy atom. The number of hydrogen-bond donors (Lipinski definition) is 1. The fourth-order valence-corrected chi connectivity index (χ4v) is 1.57. The third-order valence-corrected chi connectivity index (χ3v) is 2.40. The van der Waals surface area contributed by atoms with Crippen molar-refractivity contribution in [2.24, 2.45) is 5.11 Å². The predicted molar refractivity (Wildman–Crippen MR) is 63.0 cm³/mol. The first-order chi connectivity index (χ1) is 8.33. The van der Waals surface area contributed by atoms with Crippen molar-refractivity contribution in [1.29, 1.82) is 0 Å². The van der Waals surface area contributed by atoms with Crippen molar-refractivity contribution in [3.05, 3.63) is 23.1 Å². The Hall–Kier alpha value is -2.34. The summed E-state index contributed by atoms with van der Waals surface area (Å²) in [5, 5.41) is 3.48. The second kappa shape index (κ2) is 5.13. The zero-order valence-electron chi connectivity index (χ0n) is 9.19. The molecular weight excluding hydrogens is 220 g/mol. The van der Waals surface area contributed by atoms with Crippen LogP contribution in [0, 0.1) is 0 Å². The average Bonchev–Trinajstić information content (AvgIpc) is 2.74. The summed E-state index contributed by atoms with van der Waals surface area (Å²) < 4.78 is 1.92. The molecule has 0 amide bonds. The van der Waals surface area contributed by atoms with Gasteiger partial charge in [-0.3, -0.25) is 0 Å². The van der Waals surface area contributed by atoms with Crippen LogP contribution in [0.3, 0.4) is 0 Å². The lowest BCUT2D eigenvalue weighted by Crippen LogP contribution is -1.99. The second-order valence-corrected chi connectivity index (χ2v) is 3.53. The van der Waals surface area contributed by atoms with E-state index in [0.29, 0.717) is 17.9 Å². The van der Waals surface area contributed by atoms with Gasteiger partial charge >= 0.3 is 0 Å². The van der Waals surface area contributed by atoms with Gasteiger partial charge in [0.15, 0.2) is 11.5 Å². The van der Waals surface area contributed by atoms with E-state index in [0.717, 1.165) is 25.0 Å². The molecule has 0 aromatic carbocycles. The Balaban J connectivity index is 2.04. The van der Waals surface area contributed by atoms with Crippen LogP contribution < -0.4 is 5.73 Å². The van der Waals surface area contributed by atoms with E-state index >= 15 is 0 Å². The smallest absolute Gasteiger partial charge is 0.165 e. The monoisotopic (exact) mass is 232 g/mol. The molecule has 0 aliphatic heterocycles. The number of nitrogens with zero attached hydrogens (tertiary/aromatic N) is 7. The summed E-state index contributed by atoms with van der Waals surface area (Å²) in [4.78, 5) is 14.9. The SMILES string of the molecule is [N-]=[N+]=NCCCCn1cnc2c(N)ncnc21. The molecule has 0 bridgehead atoms. The number of azide groups is 1. The quantitative estimate of drug-likeness (QED) is 0.363. The van der Waals surface area contributed by atoms with Gasteiger partial charge in [-0.25, -0.2) is 15.0 Å². The number of unbranched alkanes of at least 4 members (excludes halogenated alkanes) is 1. The highest BCUT2D eigenvalue weighted by Gasteiger charge is 2.06. The van der Waals surface area contributed by atoms with Gasteiger partial charge in [-0.05, 0) is 18.4 Å². The molecule has 2 aromatic heterocycles. The van der Waals surface area contributed by atoms with Crippen molar-refractivity contribution in [3.8, 4) is 0 Å². The topological polar surface area (TPSA) is 118 Å². The lowest BCUT2D eigenvalue weighted by atomic mass is 10.3. The third kappa shape index (κ3) is 2.43. The van der Waals surface area contributed by atoms with E-state index in [9.17, 15) is 0 Å². The number of hydrogen-bond acceptors (Lipinski definition) is 5. The zero-order chi connectivity index (χ0) is 12.1. The largest absolute Gasteiger partial charge is 0.382 e. The highest BCUT2D eigenvalue weighted by molar-refractivity contribution is 5.80. The molecule has 0 saturated heterocycles. The third-order valence-electron chi connectivity index (χ3n) is 2.40. The second-order valence-electron chi connectivity index (χ2n) is 3.53. The van der Waals surface area contributed by atoms with Crippen molar-refractivity contribution in [3.63, 3.8) is 0 Å². The van der Waals surface area contributed by atoms with Gasteiger partial charge < -0.3 is 10.3 Å². The summed E-state index contributed by atoms with van der Waals surface area (Å²) >= 11 is 0. The summed E-state index contributed by atoms with van der Waals surface area (Å²) in [6.45, 7) is 1.29. The molecule has 0 aliphatic rings. The van der Waals surface area contributed by atoms with Gasteiger partial charge in [0.2, 0.25) is 0 Å². The number of fused-ring (bicyclic) bond motifs is 1. The van der Waals surface area contributed by atoms with Gasteiger partial charge in [0, 0.05) is 18.0 Å². The van der Waals surface area contributed by atoms with E-state index in [1.807, 2.05) is 4.57 Å². The van der Waals surface area contributed by atoms with Crippen molar-refractivity contribution < 1.29 is 0 Å². The lowest BCUT2D eigenvalue weighted by Gasteiger charge is -2.02. The maximum absolute atomic E-state index is 8.13. The molecule has 0 fully saturated rings. The number of nitrogens with two attached hydrogens (primary N) is 1. The predicted octanol–water partition coefficient (Wildman–Crippen LogP) is 1.50. The average molecular weight is 232 g/mol. The number of rotatable bonds is 5. The van der Waals surface area contributed by atoms with Crippen LogP contribution in [0.1, 0.15) is 12.8 Å². The lowest BCUT2D eigenvalue weighted by molar-refractivity contribution is 0.622. The Bertz CT molecular complexity index is 553. The molecule has 0 radical (unpaired) electrons. The van der Waals surface area contributed by atoms with Crippen LogP contribution >= 0.6 is 0 Å². The van der Waals surface area contributed by atoms with Crippen molar-refractivity contribution in [2.75, 3.05) is 12.3 Å². The number of aromatic nitrogens is 4. The molecule has 0 spiro atoms. The highest BCUT2D eigenvalue weighted by Crippen LogP contribution is 2.14. The summed E-state index contributed by atoms with van der Waals surface area (Å²) in [6.07, 6.45) is 4.86. The van der Waals surface area contributed by atoms with Crippen LogP contribution in [-0.4, -0.2) is 26.1 Å². The van der Waals surface area contributed by atoms with E-state index in [1.54, 1.807) is 6.33 Å². The summed E-state index contributed by atoms with van der Waals surface area (Å²) in [5.41, 5.74) is 15.2. The number of aryl methyl sites for hydroxylation is 1.